The molecule has 0 spiro atoms. The molecule has 2 rings (SSSR count). The SMILES string of the molecule is CN(Cc1ccc(Br)o1)C(=O)c1ccn(C)c(=O)c1. The van der Waals surface area contributed by atoms with Gasteiger partial charge in [-0.2, -0.15) is 0 Å². The zero-order chi connectivity index (χ0) is 14.0. The lowest BCUT2D eigenvalue weighted by Gasteiger charge is -2.15. The average Bonchev–Trinajstić information content (AvgIpc) is 2.77. The van der Waals surface area contributed by atoms with Crippen LogP contribution in [0.25, 0.3) is 0 Å². The van der Waals surface area contributed by atoms with E-state index in [1.165, 1.54) is 15.5 Å². The molecule has 0 N–H and O–H groups in total. The monoisotopic (exact) mass is 324 g/mol. The van der Waals surface area contributed by atoms with Gasteiger partial charge in [-0.25, -0.2) is 0 Å². The standard InChI is InChI=1S/C13H13BrN2O3/c1-15-6-5-9(7-12(15)17)13(18)16(2)8-10-3-4-11(14)19-10/h3-7H,8H2,1-2H3. The molecule has 0 saturated carbocycles. The van der Waals surface area contributed by atoms with Gasteiger partial charge in [-0.15, -0.1) is 0 Å². The first-order valence-electron chi connectivity index (χ1n) is 5.64. The van der Waals surface area contributed by atoms with Crippen LogP contribution < -0.4 is 5.56 Å². The van der Waals surface area contributed by atoms with E-state index in [2.05, 4.69) is 15.9 Å². The van der Waals surface area contributed by atoms with Gasteiger partial charge in [0.05, 0.1) is 6.54 Å². The fraction of sp³-hybridized carbons (Fsp3) is 0.231. The summed E-state index contributed by atoms with van der Waals surface area (Å²) in [6.45, 7) is 0.347. The molecule has 1 amide bonds. The van der Waals surface area contributed by atoms with Crippen LogP contribution in [0.5, 0.6) is 0 Å². The van der Waals surface area contributed by atoms with Crippen LogP contribution in [-0.4, -0.2) is 22.4 Å². The van der Waals surface area contributed by atoms with E-state index in [4.69, 9.17) is 4.42 Å². The van der Waals surface area contributed by atoms with Crippen molar-refractivity contribution in [2.24, 2.45) is 7.05 Å². The molecule has 0 atom stereocenters. The van der Waals surface area contributed by atoms with E-state index in [-0.39, 0.29) is 11.5 Å². The molecule has 19 heavy (non-hydrogen) atoms. The number of aryl methyl sites for hydroxylation is 1. The summed E-state index contributed by atoms with van der Waals surface area (Å²) in [5.74, 6) is 0.455. The molecule has 0 aliphatic heterocycles. The summed E-state index contributed by atoms with van der Waals surface area (Å²) in [5.41, 5.74) is 0.163. The summed E-state index contributed by atoms with van der Waals surface area (Å²) in [7, 11) is 3.30. The molecular formula is C13H13BrN2O3. The lowest BCUT2D eigenvalue weighted by atomic mass is 10.2. The Morgan fingerprint density at radius 1 is 1.42 bits per heavy atom. The summed E-state index contributed by atoms with van der Waals surface area (Å²) in [6, 6.07) is 6.51. The van der Waals surface area contributed by atoms with Crippen LogP contribution in [0.15, 0.2) is 44.3 Å². The smallest absolute Gasteiger partial charge is 0.254 e. The maximum absolute atomic E-state index is 12.1. The van der Waals surface area contributed by atoms with E-state index in [0.717, 1.165) is 0 Å². The predicted molar refractivity (Wildman–Crippen MR) is 73.9 cm³/mol. The highest BCUT2D eigenvalue weighted by molar-refractivity contribution is 9.10. The van der Waals surface area contributed by atoms with E-state index in [9.17, 15) is 9.59 Å². The lowest BCUT2D eigenvalue weighted by Crippen LogP contribution is -2.28. The number of hydrogen-bond acceptors (Lipinski definition) is 3. The van der Waals surface area contributed by atoms with Gasteiger partial charge >= 0.3 is 0 Å². The minimum absolute atomic E-state index is 0.208. The zero-order valence-electron chi connectivity index (χ0n) is 10.6. The quantitative estimate of drug-likeness (QED) is 0.867. The van der Waals surface area contributed by atoms with E-state index < -0.39 is 0 Å². The predicted octanol–water partition coefficient (Wildman–Crippen LogP) is 2.01. The Hall–Kier alpha value is -1.82. The van der Waals surface area contributed by atoms with Crippen molar-refractivity contribution in [1.82, 2.24) is 9.47 Å². The maximum Gasteiger partial charge on any atom is 0.254 e. The summed E-state index contributed by atoms with van der Waals surface area (Å²) in [4.78, 5) is 25.1. The van der Waals surface area contributed by atoms with Gasteiger partial charge in [0, 0.05) is 31.9 Å². The Kier molecular flexibility index (Phi) is 3.90. The lowest BCUT2D eigenvalue weighted by molar-refractivity contribution is 0.0774. The first-order chi connectivity index (χ1) is 8.97. The van der Waals surface area contributed by atoms with Gasteiger partial charge in [0.2, 0.25) is 0 Å². The van der Waals surface area contributed by atoms with Crippen molar-refractivity contribution in [1.29, 1.82) is 0 Å². The minimum atomic E-state index is -0.217. The van der Waals surface area contributed by atoms with Crippen molar-refractivity contribution < 1.29 is 9.21 Å². The Labute approximate surface area is 118 Å². The average molecular weight is 325 g/mol. The molecule has 100 valence electrons. The third-order valence-corrected chi connectivity index (χ3v) is 3.15. The summed E-state index contributed by atoms with van der Waals surface area (Å²) < 4.78 is 7.38. The summed E-state index contributed by atoms with van der Waals surface area (Å²) >= 11 is 3.21. The molecule has 2 aromatic heterocycles. The van der Waals surface area contributed by atoms with Gasteiger partial charge in [-0.1, -0.05) is 0 Å². The number of pyridine rings is 1. The highest BCUT2D eigenvalue weighted by Crippen LogP contribution is 2.16. The normalized spacial score (nSPS) is 10.5. The van der Waals surface area contributed by atoms with Crippen molar-refractivity contribution in [3.8, 4) is 0 Å². The number of rotatable bonds is 3. The van der Waals surface area contributed by atoms with Crippen molar-refractivity contribution in [3.63, 3.8) is 0 Å². The molecule has 0 unspecified atom stereocenters. The van der Waals surface area contributed by atoms with Crippen LogP contribution in [0, 0.1) is 0 Å². The fourth-order valence-corrected chi connectivity index (χ4v) is 1.98. The molecule has 2 heterocycles. The highest BCUT2D eigenvalue weighted by Gasteiger charge is 2.14. The number of hydrogen-bond donors (Lipinski definition) is 0. The molecular weight excluding hydrogens is 312 g/mol. The minimum Gasteiger partial charge on any atom is -0.452 e. The van der Waals surface area contributed by atoms with E-state index in [0.29, 0.717) is 22.5 Å². The summed E-state index contributed by atoms with van der Waals surface area (Å²) in [6.07, 6.45) is 1.58. The number of aromatic nitrogens is 1. The van der Waals surface area contributed by atoms with Gasteiger partial charge < -0.3 is 13.9 Å². The first-order valence-corrected chi connectivity index (χ1v) is 6.43. The Morgan fingerprint density at radius 3 is 2.74 bits per heavy atom. The molecule has 0 aliphatic rings. The van der Waals surface area contributed by atoms with Gasteiger partial charge in [0.25, 0.3) is 11.5 Å². The zero-order valence-corrected chi connectivity index (χ0v) is 12.2. The van der Waals surface area contributed by atoms with Crippen LogP contribution in [-0.2, 0) is 13.6 Å². The van der Waals surface area contributed by atoms with Crippen molar-refractivity contribution in [2.45, 2.75) is 6.54 Å². The molecule has 0 radical (unpaired) electrons. The van der Waals surface area contributed by atoms with E-state index >= 15 is 0 Å². The largest absolute Gasteiger partial charge is 0.452 e. The molecule has 0 aliphatic carbocycles. The van der Waals surface area contributed by atoms with Crippen molar-refractivity contribution >= 4 is 21.8 Å². The maximum atomic E-state index is 12.1. The number of carbonyl (C=O) groups excluding carboxylic acids is 1. The van der Waals surface area contributed by atoms with Crippen LogP contribution >= 0.6 is 15.9 Å². The number of nitrogens with zero attached hydrogens (tertiary/aromatic N) is 2. The third kappa shape index (κ3) is 3.14. The molecule has 2 aromatic rings. The van der Waals surface area contributed by atoms with Crippen molar-refractivity contribution in [3.05, 3.63) is 56.8 Å². The molecule has 5 nitrogen and oxygen atoms in total. The Morgan fingerprint density at radius 2 is 2.16 bits per heavy atom. The number of carbonyl (C=O) groups is 1. The Bertz CT molecular complexity index is 660. The second kappa shape index (κ2) is 5.44. The van der Waals surface area contributed by atoms with E-state index in [1.807, 2.05) is 0 Å². The topological polar surface area (TPSA) is 55.5 Å². The molecule has 6 heteroatoms. The van der Waals surface area contributed by atoms with Crippen LogP contribution in [0.3, 0.4) is 0 Å². The number of furan rings is 1. The second-order valence-electron chi connectivity index (χ2n) is 4.23. The molecule has 0 aromatic carbocycles. The molecule has 0 fully saturated rings. The highest BCUT2D eigenvalue weighted by atomic mass is 79.9. The molecule has 0 saturated heterocycles. The number of amides is 1. The van der Waals surface area contributed by atoms with Gasteiger partial charge in [0.1, 0.15) is 5.76 Å². The van der Waals surface area contributed by atoms with Crippen molar-refractivity contribution in [2.75, 3.05) is 7.05 Å². The fourth-order valence-electron chi connectivity index (χ4n) is 1.64. The molecule has 0 bridgehead atoms. The second-order valence-corrected chi connectivity index (χ2v) is 5.01. The Balaban J connectivity index is 2.14. The third-order valence-electron chi connectivity index (χ3n) is 2.72. The van der Waals surface area contributed by atoms with Gasteiger partial charge in [-0.3, -0.25) is 9.59 Å². The number of halogens is 1. The first kappa shape index (κ1) is 13.6. The van der Waals surface area contributed by atoms with Gasteiger partial charge in [-0.05, 0) is 34.1 Å². The van der Waals surface area contributed by atoms with E-state index in [1.54, 1.807) is 38.5 Å². The summed E-state index contributed by atoms with van der Waals surface area (Å²) in [5, 5.41) is 0. The van der Waals surface area contributed by atoms with Gasteiger partial charge in [0.15, 0.2) is 4.67 Å². The van der Waals surface area contributed by atoms with Crippen LogP contribution in [0.2, 0.25) is 0 Å². The van der Waals surface area contributed by atoms with Crippen LogP contribution in [0.4, 0.5) is 0 Å². The van der Waals surface area contributed by atoms with Crippen LogP contribution in [0.1, 0.15) is 16.1 Å².